The summed E-state index contributed by atoms with van der Waals surface area (Å²) >= 11 is 6.90. The van der Waals surface area contributed by atoms with Gasteiger partial charge in [-0.2, -0.15) is 0 Å². The number of benzene rings is 1. The van der Waals surface area contributed by atoms with Crippen molar-refractivity contribution in [2.24, 2.45) is 0 Å². The maximum Gasteiger partial charge on any atom is 0.260 e. The summed E-state index contributed by atoms with van der Waals surface area (Å²) < 4.78 is 3.12. The van der Waals surface area contributed by atoms with Crippen molar-refractivity contribution in [3.8, 4) is 0 Å². The number of carbonyl (C=O) groups is 1. The van der Waals surface area contributed by atoms with Crippen molar-refractivity contribution in [3.05, 3.63) is 34.3 Å². The first-order valence-corrected chi connectivity index (χ1v) is 4.18. The van der Waals surface area contributed by atoms with Crippen molar-refractivity contribution in [1.82, 2.24) is 4.72 Å². The van der Waals surface area contributed by atoms with Crippen LogP contribution in [0, 0.1) is 0 Å². The first-order chi connectivity index (χ1) is 5.24. The van der Waals surface area contributed by atoms with Crippen LogP contribution in [0.1, 0.15) is 10.4 Å². The third-order valence-electron chi connectivity index (χ3n) is 1.19. The van der Waals surface area contributed by atoms with Crippen LogP contribution in [0.15, 0.2) is 28.7 Å². The molecule has 0 unspecified atom stereocenters. The molecule has 0 saturated carbocycles. The minimum absolute atomic E-state index is 0.199. The van der Waals surface area contributed by atoms with E-state index >= 15 is 0 Å². The Balaban J connectivity index is 2.96. The van der Waals surface area contributed by atoms with Gasteiger partial charge in [0.05, 0.1) is 0 Å². The van der Waals surface area contributed by atoms with Crippen molar-refractivity contribution in [1.29, 1.82) is 0 Å². The van der Waals surface area contributed by atoms with E-state index in [1.54, 1.807) is 18.2 Å². The normalized spacial score (nSPS) is 9.27. The molecule has 0 bridgehead atoms. The van der Waals surface area contributed by atoms with Crippen LogP contribution in [0.5, 0.6) is 0 Å². The van der Waals surface area contributed by atoms with E-state index in [1.165, 1.54) is 0 Å². The van der Waals surface area contributed by atoms with Gasteiger partial charge in [0.1, 0.15) is 0 Å². The van der Waals surface area contributed by atoms with Crippen molar-refractivity contribution in [2.45, 2.75) is 0 Å². The van der Waals surface area contributed by atoms with Crippen LogP contribution >= 0.6 is 28.7 Å². The molecule has 1 rings (SSSR count). The molecule has 1 N–H and O–H groups in total. The zero-order valence-electron chi connectivity index (χ0n) is 5.54. The largest absolute Gasteiger partial charge is 0.299 e. The first-order valence-electron chi connectivity index (χ1n) is 2.94. The van der Waals surface area contributed by atoms with Crippen LogP contribution in [-0.2, 0) is 0 Å². The summed E-state index contributed by atoms with van der Waals surface area (Å²) in [5, 5.41) is 0. The number of halogens is 1. The number of nitrogens with one attached hydrogen (secondary N) is 1. The second-order valence-corrected chi connectivity index (χ2v) is 3.09. The molecule has 0 aliphatic heterocycles. The molecule has 0 atom stereocenters. The molecular weight excluding hydrogens is 226 g/mol. The molecule has 1 aromatic rings. The molecule has 11 heavy (non-hydrogen) atoms. The Bertz CT molecular complexity index is 277. The Labute approximate surface area is 78.7 Å². The Morgan fingerprint density at radius 1 is 1.55 bits per heavy atom. The van der Waals surface area contributed by atoms with E-state index in [1.807, 2.05) is 6.07 Å². The average molecular weight is 232 g/mol. The topological polar surface area (TPSA) is 29.1 Å². The summed E-state index contributed by atoms with van der Waals surface area (Å²) in [6.07, 6.45) is 0. The molecule has 0 aliphatic rings. The number of amides is 1. The average Bonchev–Trinajstić information content (AvgIpc) is 2.03. The molecule has 0 spiro atoms. The van der Waals surface area contributed by atoms with Gasteiger partial charge in [-0.3, -0.25) is 9.52 Å². The highest BCUT2D eigenvalue weighted by atomic mass is 79.9. The molecule has 58 valence electrons. The Morgan fingerprint density at radius 2 is 2.27 bits per heavy atom. The third kappa shape index (κ3) is 2.24. The Kier molecular flexibility index (Phi) is 2.96. The van der Waals surface area contributed by atoms with Crippen LogP contribution in [-0.4, -0.2) is 5.91 Å². The second kappa shape index (κ2) is 3.78. The molecule has 4 heteroatoms. The van der Waals surface area contributed by atoms with Crippen LogP contribution < -0.4 is 4.72 Å². The predicted molar refractivity (Wildman–Crippen MR) is 50.6 cm³/mol. The van der Waals surface area contributed by atoms with E-state index in [2.05, 4.69) is 33.5 Å². The van der Waals surface area contributed by atoms with Crippen molar-refractivity contribution in [2.75, 3.05) is 0 Å². The van der Waals surface area contributed by atoms with Gasteiger partial charge in [0.25, 0.3) is 5.91 Å². The van der Waals surface area contributed by atoms with Gasteiger partial charge in [0, 0.05) is 10.0 Å². The standard InChI is InChI=1S/C7H6BrNOS/c8-6-3-1-2-5(4-6)7(10)9-11/h1-4,11H,(H,9,10). The lowest BCUT2D eigenvalue weighted by Crippen LogP contribution is -2.11. The van der Waals surface area contributed by atoms with E-state index in [0.29, 0.717) is 5.56 Å². The van der Waals surface area contributed by atoms with Gasteiger partial charge >= 0.3 is 0 Å². The molecule has 0 aromatic heterocycles. The van der Waals surface area contributed by atoms with Crippen LogP contribution in [0.3, 0.4) is 0 Å². The summed E-state index contributed by atoms with van der Waals surface area (Å²) in [4.78, 5) is 11.0. The van der Waals surface area contributed by atoms with Gasteiger partial charge < -0.3 is 0 Å². The van der Waals surface area contributed by atoms with E-state index in [-0.39, 0.29) is 5.91 Å². The SMILES string of the molecule is O=C(NS)c1cccc(Br)c1. The number of carbonyl (C=O) groups excluding carboxylic acids is 1. The van der Waals surface area contributed by atoms with E-state index < -0.39 is 0 Å². The number of hydrogen-bond acceptors (Lipinski definition) is 2. The Hall–Kier alpha value is -0.480. The minimum Gasteiger partial charge on any atom is -0.299 e. The summed E-state index contributed by atoms with van der Waals surface area (Å²) in [5.41, 5.74) is 0.592. The summed E-state index contributed by atoms with van der Waals surface area (Å²) in [5.74, 6) is -0.199. The van der Waals surface area contributed by atoms with Crippen molar-refractivity contribution >= 4 is 34.7 Å². The van der Waals surface area contributed by atoms with E-state index in [4.69, 9.17) is 0 Å². The van der Waals surface area contributed by atoms with Gasteiger partial charge in [-0.1, -0.05) is 34.8 Å². The highest BCUT2D eigenvalue weighted by Gasteiger charge is 2.01. The van der Waals surface area contributed by atoms with Crippen LogP contribution in [0.4, 0.5) is 0 Å². The zero-order valence-corrected chi connectivity index (χ0v) is 8.02. The fourth-order valence-corrected chi connectivity index (χ4v) is 1.22. The molecular formula is C7H6BrNOS. The zero-order chi connectivity index (χ0) is 8.27. The number of hydrogen-bond donors (Lipinski definition) is 2. The monoisotopic (exact) mass is 231 g/mol. The molecule has 0 fully saturated rings. The highest BCUT2D eigenvalue weighted by molar-refractivity contribution is 9.10. The fourth-order valence-electron chi connectivity index (χ4n) is 0.694. The fraction of sp³-hybridized carbons (Fsp3) is 0. The molecule has 2 nitrogen and oxygen atoms in total. The lowest BCUT2D eigenvalue weighted by molar-refractivity contribution is 0.0985. The molecule has 0 heterocycles. The van der Waals surface area contributed by atoms with E-state index in [0.717, 1.165) is 4.47 Å². The lowest BCUT2D eigenvalue weighted by atomic mass is 10.2. The van der Waals surface area contributed by atoms with Gasteiger partial charge in [-0.25, -0.2) is 0 Å². The Morgan fingerprint density at radius 3 is 2.82 bits per heavy atom. The molecule has 0 saturated heterocycles. The van der Waals surface area contributed by atoms with E-state index in [9.17, 15) is 4.79 Å². The predicted octanol–water partition coefficient (Wildman–Crippen LogP) is 2.02. The molecule has 1 aromatic carbocycles. The summed E-state index contributed by atoms with van der Waals surface area (Å²) in [6, 6.07) is 7.10. The summed E-state index contributed by atoms with van der Waals surface area (Å²) in [7, 11) is 0. The first kappa shape index (κ1) is 8.62. The van der Waals surface area contributed by atoms with Gasteiger partial charge in [0.15, 0.2) is 0 Å². The minimum atomic E-state index is -0.199. The number of rotatable bonds is 1. The van der Waals surface area contributed by atoms with Crippen molar-refractivity contribution in [3.63, 3.8) is 0 Å². The maximum atomic E-state index is 11.0. The molecule has 1 amide bonds. The van der Waals surface area contributed by atoms with Gasteiger partial charge in [-0.05, 0) is 18.2 Å². The smallest absolute Gasteiger partial charge is 0.260 e. The number of thiol groups is 1. The van der Waals surface area contributed by atoms with Gasteiger partial charge in [0.2, 0.25) is 0 Å². The molecule has 0 aliphatic carbocycles. The highest BCUT2D eigenvalue weighted by Crippen LogP contribution is 2.11. The molecule has 0 radical (unpaired) electrons. The lowest BCUT2D eigenvalue weighted by Gasteiger charge is -1.97. The second-order valence-electron chi connectivity index (χ2n) is 1.95. The van der Waals surface area contributed by atoms with Crippen LogP contribution in [0.2, 0.25) is 0 Å². The van der Waals surface area contributed by atoms with Gasteiger partial charge in [-0.15, -0.1) is 0 Å². The quantitative estimate of drug-likeness (QED) is 0.712. The van der Waals surface area contributed by atoms with Crippen LogP contribution in [0.25, 0.3) is 0 Å². The summed E-state index contributed by atoms with van der Waals surface area (Å²) in [6.45, 7) is 0. The maximum absolute atomic E-state index is 11.0. The third-order valence-corrected chi connectivity index (χ3v) is 1.88. The van der Waals surface area contributed by atoms with Crippen molar-refractivity contribution < 1.29 is 4.79 Å².